The van der Waals surface area contributed by atoms with E-state index in [9.17, 15) is 13.2 Å². The van der Waals surface area contributed by atoms with Gasteiger partial charge in [-0.2, -0.15) is 0 Å². The van der Waals surface area contributed by atoms with E-state index in [4.69, 9.17) is 11.6 Å². The number of rotatable bonds is 4. The Labute approximate surface area is 120 Å². The topological polar surface area (TPSA) is 89.0 Å². The molecule has 0 fully saturated rings. The molecule has 104 valence electrons. The van der Waals surface area contributed by atoms with Gasteiger partial charge >= 0.3 is 0 Å². The smallest absolute Gasteiger partial charge is 0.263 e. The van der Waals surface area contributed by atoms with E-state index in [1.54, 1.807) is 6.07 Å². The Morgan fingerprint density at radius 1 is 1.20 bits per heavy atom. The van der Waals surface area contributed by atoms with E-state index >= 15 is 0 Å². The van der Waals surface area contributed by atoms with Crippen LogP contribution < -0.4 is 4.72 Å². The van der Waals surface area contributed by atoms with Crippen molar-refractivity contribution in [2.24, 2.45) is 0 Å². The highest BCUT2D eigenvalue weighted by atomic mass is 35.5. The Balaban J connectivity index is 2.33. The summed E-state index contributed by atoms with van der Waals surface area (Å²) in [6, 6.07) is 8.54. The number of sulfonamides is 1. The van der Waals surface area contributed by atoms with Crippen LogP contribution in [0.1, 0.15) is 17.3 Å². The summed E-state index contributed by atoms with van der Waals surface area (Å²) in [4.78, 5) is 11.2. The van der Waals surface area contributed by atoms with Crippen LogP contribution in [0.4, 0.5) is 5.82 Å². The molecule has 1 aromatic heterocycles. The number of ketones is 1. The summed E-state index contributed by atoms with van der Waals surface area (Å²) in [5, 5.41) is 7.30. The van der Waals surface area contributed by atoms with Crippen molar-refractivity contribution in [3.05, 3.63) is 47.1 Å². The SMILES string of the molecule is CC(=O)c1cccc(S(=O)(=O)Nc2ccc(Cl)nn2)c1. The third kappa shape index (κ3) is 3.31. The molecule has 0 bridgehead atoms. The average molecular weight is 312 g/mol. The molecular formula is C12H10ClN3O3S. The molecule has 0 unspecified atom stereocenters. The number of halogens is 1. The van der Waals surface area contributed by atoms with Crippen molar-refractivity contribution in [1.82, 2.24) is 10.2 Å². The predicted octanol–water partition coefficient (Wildman–Crippen LogP) is 2.13. The molecule has 0 aliphatic rings. The molecule has 1 aromatic carbocycles. The van der Waals surface area contributed by atoms with Crippen LogP contribution in [0, 0.1) is 0 Å². The van der Waals surface area contributed by atoms with Gasteiger partial charge in [0.1, 0.15) is 0 Å². The second kappa shape index (κ2) is 5.56. The van der Waals surface area contributed by atoms with Crippen LogP contribution in [0.3, 0.4) is 0 Å². The van der Waals surface area contributed by atoms with Crippen LogP contribution in [-0.2, 0) is 10.0 Å². The normalized spacial score (nSPS) is 11.1. The Bertz CT molecular complexity index is 745. The molecule has 0 aliphatic carbocycles. The van der Waals surface area contributed by atoms with Crippen LogP contribution in [0.5, 0.6) is 0 Å². The van der Waals surface area contributed by atoms with Gasteiger partial charge < -0.3 is 0 Å². The second-order valence-corrected chi connectivity index (χ2v) is 6.00. The van der Waals surface area contributed by atoms with E-state index in [-0.39, 0.29) is 21.6 Å². The number of nitrogens with zero attached hydrogens (tertiary/aromatic N) is 2. The fourth-order valence-corrected chi connectivity index (χ4v) is 2.59. The van der Waals surface area contributed by atoms with Crippen LogP contribution in [0.15, 0.2) is 41.3 Å². The first-order chi connectivity index (χ1) is 9.38. The van der Waals surface area contributed by atoms with E-state index in [1.165, 1.54) is 37.3 Å². The highest BCUT2D eigenvalue weighted by Crippen LogP contribution is 2.16. The summed E-state index contributed by atoms with van der Waals surface area (Å²) in [5.41, 5.74) is 0.315. The summed E-state index contributed by atoms with van der Waals surface area (Å²) in [7, 11) is -3.83. The van der Waals surface area contributed by atoms with E-state index in [0.717, 1.165) is 0 Å². The maximum Gasteiger partial charge on any atom is 0.263 e. The van der Waals surface area contributed by atoms with Crippen molar-refractivity contribution in [3.63, 3.8) is 0 Å². The van der Waals surface area contributed by atoms with Crippen molar-refractivity contribution in [2.45, 2.75) is 11.8 Å². The molecule has 2 aromatic rings. The highest BCUT2D eigenvalue weighted by molar-refractivity contribution is 7.92. The number of carbonyl (C=O) groups is 1. The molecule has 2 rings (SSSR count). The molecule has 20 heavy (non-hydrogen) atoms. The minimum Gasteiger partial charge on any atom is -0.295 e. The second-order valence-electron chi connectivity index (χ2n) is 3.93. The number of nitrogens with one attached hydrogen (secondary N) is 1. The van der Waals surface area contributed by atoms with E-state index < -0.39 is 10.0 Å². The lowest BCUT2D eigenvalue weighted by atomic mass is 10.2. The molecular weight excluding hydrogens is 302 g/mol. The third-order valence-corrected chi connectivity index (χ3v) is 3.98. The van der Waals surface area contributed by atoms with Crippen molar-refractivity contribution in [2.75, 3.05) is 4.72 Å². The largest absolute Gasteiger partial charge is 0.295 e. The van der Waals surface area contributed by atoms with Gasteiger partial charge in [-0.1, -0.05) is 23.7 Å². The van der Waals surface area contributed by atoms with Gasteiger partial charge in [0.05, 0.1) is 4.90 Å². The molecule has 0 amide bonds. The quantitative estimate of drug-likeness (QED) is 0.874. The molecule has 0 saturated heterocycles. The summed E-state index contributed by atoms with van der Waals surface area (Å²) >= 11 is 5.57. The van der Waals surface area contributed by atoms with Crippen LogP contribution in [-0.4, -0.2) is 24.4 Å². The molecule has 6 nitrogen and oxygen atoms in total. The highest BCUT2D eigenvalue weighted by Gasteiger charge is 2.16. The first-order valence-electron chi connectivity index (χ1n) is 5.51. The Hall–Kier alpha value is -1.99. The van der Waals surface area contributed by atoms with Crippen molar-refractivity contribution in [1.29, 1.82) is 0 Å². The lowest BCUT2D eigenvalue weighted by Gasteiger charge is -2.07. The predicted molar refractivity (Wildman–Crippen MR) is 74.3 cm³/mol. The van der Waals surface area contributed by atoms with Gasteiger partial charge in [0, 0.05) is 5.56 Å². The molecule has 1 N–H and O–H groups in total. The number of carbonyl (C=O) groups excluding carboxylic acids is 1. The Morgan fingerprint density at radius 2 is 1.95 bits per heavy atom. The van der Waals surface area contributed by atoms with E-state index in [0.29, 0.717) is 5.56 Å². The van der Waals surface area contributed by atoms with Gasteiger partial charge in [0.15, 0.2) is 16.8 Å². The van der Waals surface area contributed by atoms with Gasteiger partial charge in [-0.05, 0) is 31.2 Å². The van der Waals surface area contributed by atoms with Gasteiger partial charge in [-0.3, -0.25) is 9.52 Å². The van der Waals surface area contributed by atoms with Gasteiger partial charge in [-0.15, -0.1) is 10.2 Å². The number of hydrogen-bond acceptors (Lipinski definition) is 5. The molecule has 0 saturated carbocycles. The van der Waals surface area contributed by atoms with Crippen molar-refractivity contribution >= 4 is 33.2 Å². The van der Waals surface area contributed by atoms with E-state index in [2.05, 4.69) is 14.9 Å². The lowest BCUT2D eigenvalue weighted by Crippen LogP contribution is -2.14. The van der Waals surface area contributed by atoms with Crippen molar-refractivity contribution < 1.29 is 13.2 Å². The minimum absolute atomic E-state index is 0.0260. The zero-order chi connectivity index (χ0) is 14.8. The zero-order valence-electron chi connectivity index (χ0n) is 10.4. The maximum atomic E-state index is 12.1. The number of hydrogen-bond donors (Lipinski definition) is 1. The zero-order valence-corrected chi connectivity index (χ0v) is 11.9. The van der Waals surface area contributed by atoms with Crippen LogP contribution >= 0.6 is 11.6 Å². The van der Waals surface area contributed by atoms with E-state index in [1.807, 2.05) is 0 Å². The average Bonchev–Trinajstić information content (AvgIpc) is 2.41. The molecule has 1 heterocycles. The number of anilines is 1. The summed E-state index contributed by atoms with van der Waals surface area (Å²) in [6.45, 7) is 1.36. The van der Waals surface area contributed by atoms with Crippen molar-refractivity contribution in [3.8, 4) is 0 Å². The standard InChI is InChI=1S/C12H10ClN3O3S/c1-8(17)9-3-2-4-10(7-9)20(18,19)16-12-6-5-11(13)14-15-12/h2-7H,1H3,(H,15,16). The van der Waals surface area contributed by atoms with Crippen LogP contribution in [0.25, 0.3) is 0 Å². The van der Waals surface area contributed by atoms with Crippen LogP contribution in [0.2, 0.25) is 5.15 Å². The molecule has 0 aliphatic heterocycles. The summed E-state index contributed by atoms with van der Waals surface area (Å²) in [6.07, 6.45) is 0. The first-order valence-corrected chi connectivity index (χ1v) is 7.38. The molecule has 0 spiro atoms. The third-order valence-electron chi connectivity index (χ3n) is 2.42. The first kappa shape index (κ1) is 14.4. The minimum atomic E-state index is -3.83. The fraction of sp³-hybridized carbons (Fsp3) is 0.0833. The monoisotopic (exact) mass is 311 g/mol. The Morgan fingerprint density at radius 3 is 2.55 bits per heavy atom. The maximum absolute atomic E-state index is 12.1. The fourth-order valence-electron chi connectivity index (χ4n) is 1.45. The molecule has 0 atom stereocenters. The summed E-state index contributed by atoms with van der Waals surface area (Å²) < 4.78 is 26.5. The number of benzene rings is 1. The number of aromatic nitrogens is 2. The van der Waals surface area contributed by atoms with Gasteiger partial charge in [0.25, 0.3) is 10.0 Å². The van der Waals surface area contributed by atoms with Gasteiger partial charge in [0.2, 0.25) is 0 Å². The molecule has 8 heteroatoms. The summed E-state index contributed by atoms with van der Waals surface area (Å²) in [5.74, 6) is -0.170. The molecule has 0 radical (unpaired) electrons. The number of Topliss-reactive ketones (excluding diaryl/α,β-unsaturated/α-hetero) is 1. The van der Waals surface area contributed by atoms with Gasteiger partial charge in [-0.25, -0.2) is 8.42 Å². The lowest BCUT2D eigenvalue weighted by molar-refractivity contribution is 0.101. The Kier molecular flexibility index (Phi) is 4.01.